The van der Waals surface area contributed by atoms with Gasteiger partial charge in [-0.3, -0.25) is 9.69 Å². The van der Waals surface area contributed by atoms with Crippen LogP contribution in [0.1, 0.15) is 49.9 Å². The van der Waals surface area contributed by atoms with Gasteiger partial charge >= 0.3 is 12.7 Å². The third-order valence-corrected chi connectivity index (χ3v) is 10.5. The average Bonchev–Trinajstić information content (AvgIpc) is 3.52. The first-order valence-electron chi connectivity index (χ1n) is 14.9. The second kappa shape index (κ2) is 13.4. The highest BCUT2D eigenvalue weighted by Crippen LogP contribution is 2.41. The topological polar surface area (TPSA) is 155 Å². The van der Waals surface area contributed by atoms with E-state index in [-0.39, 0.29) is 22.9 Å². The van der Waals surface area contributed by atoms with Crippen LogP contribution in [0.4, 0.5) is 30.8 Å². The quantitative estimate of drug-likeness (QED) is 0.178. The number of carbonyl (C=O) groups excluding carboxylic acids is 1. The lowest BCUT2D eigenvalue weighted by Gasteiger charge is -2.32. The number of aromatic nitrogens is 1. The molecule has 47 heavy (non-hydrogen) atoms. The molecule has 1 aliphatic rings. The van der Waals surface area contributed by atoms with Gasteiger partial charge in [0.2, 0.25) is 5.91 Å². The first-order chi connectivity index (χ1) is 22.3. The number of pyridine rings is 1. The number of nitrogen functional groups attached to an aromatic ring is 1. The highest BCUT2D eigenvalue weighted by atomic mass is 32.2. The molecule has 0 radical (unpaired) electrons. The summed E-state index contributed by atoms with van der Waals surface area (Å²) in [6, 6.07) is 15.3. The van der Waals surface area contributed by atoms with Crippen LogP contribution in [0.3, 0.4) is 0 Å². The first-order valence-corrected chi connectivity index (χ1v) is 16.4. The summed E-state index contributed by atoms with van der Waals surface area (Å²) >= 11 is 0. The van der Waals surface area contributed by atoms with Gasteiger partial charge in [-0.25, -0.2) is 18.2 Å². The van der Waals surface area contributed by atoms with Gasteiger partial charge in [0.1, 0.15) is 17.6 Å². The smallest absolute Gasteiger partial charge is 0.411 e. The van der Waals surface area contributed by atoms with Crippen LogP contribution in [0, 0.1) is 0 Å². The summed E-state index contributed by atoms with van der Waals surface area (Å²) < 4.78 is 57.9. The van der Waals surface area contributed by atoms with Crippen LogP contribution >= 0.6 is 0 Å². The van der Waals surface area contributed by atoms with Gasteiger partial charge in [0.25, 0.3) is 0 Å². The molecule has 0 unspecified atom stereocenters. The van der Waals surface area contributed by atoms with Crippen LogP contribution in [0.25, 0.3) is 10.8 Å². The lowest BCUT2D eigenvalue weighted by atomic mass is 10.0. The van der Waals surface area contributed by atoms with Crippen LogP contribution in [0.2, 0.25) is 0 Å². The van der Waals surface area contributed by atoms with E-state index >= 15 is 0 Å². The molecule has 4 N–H and O–H groups in total. The molecule has 14 heteroatoms. The van der Waals surface area contributed by atoms with Crippen LogP contribution in [0.15, 0.2) is 77.8 Å². The number of fused-ring (bicyclic) bond motifs is 1. The molecule has 11 nitrogen and oxygen atoms in total. The summed E-state index contributed by atoms with van der Waals surface area (Å²) in [6.07, 6.45) is 1.27. The van der Waals surface area contributed by atoms with Crippen molar-refractivity contribution < 1.29 is 36.6 Å². The lowest BCUT2D eigenvalue weighted by Crippen LogP contribution is -2.38. The minimum atomic E-state index is -3.84. The lowest BCUT2D eigenvalue weighted by molar-refractivity contribution is -0.133. The molecule has 4 aromatic rings. The predicted molar refractivity (Wildman–Crippen MR) is 174 cm³/mol. The maximum atomic E-state index is 14.6. The van der Waals surface area contributed by atoms with Crippen LogP contribution in [0.5, 0.6) is 5.75 Å². The molecule has 0 bridgehead atoms. The van der Waals surface area contributed by atoms with Gasteiger partial charge in [-0.2, -0.15) is 8.78 Å². The summed E-state index contributed by atoms with van der Waals surface area (Å²) in [6.45, 7) is 0.299. The number of ether oxygens (including phenoxy) is 1. The zero-order chi connectivity index (χ0) is 34.0. The molecule has 1 saturated heterocycles. The number of hydrogen-bond acceptors (Lipinski definition) is 8. The Kier molecular flexibility index (Phi) is 9.52. The fourth-order valence-electron chi connectivity index (χ4n) is 5.76. The van der Waals surface area contributed by atoms with E-state index in [1.165, 1.54) is 43.4 Å². The Morgan fingerprint density at radius 3 is 2.57 bits per heavy atom. The number of nitrogens with two attached hydrogens (primary N) is 1. The fourth-order valence-corrected chi connectivity index (χ4v) is 7.05. The second-order valence-electron chi connectivity index (χ2n) is 11.5. The second-order valence-corrected chi connectivity index (χ2v) is 14.0. The molecule has 0 spiro atoms. The van der Waals surface area contributed by atoms with E-state index in [0.717, 1.165) is 10.3 Å². The van der Waals surface area contributed by atoms with Crippen molar-refractivity contribution in [2.24, 2.45) is 0 Å². The zero-order valence-electron chi connectivity index (χ0n) is 25.9. The molecule has 5 rings (SSSR count). The largest absolute Gasteiger partial charge is 0.465 e. The molecular formula is C33H35F2N5O6S. The van der Waals surface area contributed by atoms with E-state index in [1.54, 1.807) is 55.3 Å². The van der Waals surface area contributed by atoms with Gasteiger partial charge in [0.05, 0.1) is 16.2 Å². The number of alkyl halides is 2. The summed E-state index contributed by atoms with van der Waals surface area (Å²) in [5, 5.41) is 13.5. The van der Waals surface area contributed by atoms with Gasteiger partial charge in [-0.15, -0.1) is 0 Å². The number of nitrogens with one attached hydrogen (secondary N) is 1. The zero-order valence-corrected chi connectivity index (χ0v) is 26.7. The summed E-state index contributed by atoms with van der Waals surface area (Å²) in [5.41, 5.74) is 7.43. The minimum absolute atomic E-state index is 0.0114. The number of amides is 2. The monoisotopic (exact) mass is 667 g/mol. The van der Waals surface area contributed by atoms with Crippen molar-refractivity contribution in [3.05, 3.63) is 84.1 Å². The maximum Gasteiger partial charge on any atom is 0.411 e. The number of sulfone groups is 1. The number of halogens is 2. The van der Waals surface area contributed by atoms with Crippen LogP contribution in [-0.4, -0.2) is 60.9 Å². The average molecular weight is 668 g/mol. The summed E-state index contributed by atoms with van der Waals surface area (Å²) in [5.74, 6) is -0.246. The first kappa shape index (κ1) is 33.4. The van der Waals surface area contributed by atoms with Crippen LogP contribution < -0.4 is 20.7 Å². The Bertz CT molecular complexity index is 1920. The Balaban J connectivity index is 1.60. The van der Waals surface area contributed by atoms with Crippen molar-refractivity contribution in [3.63, 3.8) is 0 Å². The Morgan fingerprint density at radius 1 is 1.11 bits per heavy atom. The summed E-state index contributed by atoms with van der Waals surface area (Å²) in [4.78, 5) is 33.0. The molecule has 248 valence electrons. The minimum Gasteiger partial charge on any atom is -0.465 e. The molecule has 0 aliphatic carbocycles. The summed E-state index contributed by atoms with van der Waals surface area (Å²) in [7, 11) is -2.50. The number of anilines is 3. The normalized spacial score (nSPS) is 15.6. The number of likely N-dealkylation sites (tertiary alicyclic amines) is 1. The molecule has 2 heterocycles. The Morgan fingerprint density at radius 2 is 1.87 bits per heavy atom. The van der Waals surface area contributed by atoms with Gasteiger partial charge < -0.3 is 25.8 Å². The van der Waals surface area contributed by atoms with Gasteiger partial charge in [0, 0.05) is 36.6 Å². The van der Waals surface area contributed by atoms with Gasteiger partial charge in [-0.05, 0) is 97.8 Å². The highest BCUT2D eigenvalue weighted by Gasteiger charge is 2.38. The number of hydrogen-bond donors (Lipinski definition) is 3. The van der Waals surface area contributed by atoms with Crippen molar-refractivity contribution in [1.82, 2.24) is 9.88 Å². The van der Waals surface area contributed by atoms with Gasteiger partial charge in [-0.1, -0.05) is 12.1 Å². The van der Waals surface area contributed by atoms with Crippen molar-refractivity contribution in [2.45, 2.75) is 55.5 Å². The van der Waals surface area contributed by atoms with E-state index in [9.17, 15) is 31.9 Å². The molecule has 1 fully saturated rings. The maximum absolute atomic E-state index is 14.6. The Hall–Kier alpha value is -4.98. The van der Waals surface area contributed by atoms with E-state index < -0.39 is 45.8 Å². The fraction of sp³-hybridized carbons (Fsp3) is 0.303. The van der Waals surface area contributed by atoms with Crippen molar-refractivity contribution in [2.75, 3.05) is 29.5 Å². The number of rotatable bonds is 10. The number of nitrogens with zero attached hydrogens (tertiary/aromatic N) is 3. The molecule has 0 saturated carbocycles. The van der Waals surface area contributed by atoms with Crippen molar-refractivity contribution >= 4 is 49.8 Å². The van der Waals surface area contributed by atoms with Gasteiger partial charge in [0.15, 0.2) is 9.84 Å². The van der Waals surface area contributed by atoms with E-state index in [0.29, 0.717) is 40.9 Å². The molecule has 1 aromatic heterocycles. The molecule has 1 aliphatic heterocycles. The molecular weight excluding hydrogens is 632 g/mol. The number of carbonyl (C=O) groups is 2. The molecule has 2 atom stereocenters. The van der Waals surface area contributed by atoms with Crippen LogP contribution in [-0.2, 0) is 14.6 Å². The van der Waals surface area contributed by atoms with E-state index in [2.05, 4.69) is 15.0 Å². The SMILES string of the molecule is CC(C)S(=O)(=O)c1ccc(N(C)C(=O)O)cc1[C@H]1CCCN1C(=O)[C@H](Nc1ccc2c(N)nccc2c1)c1cccc(OC(F)F)c1. The molecule has 3 aromatic carbocycles. The van der Waals surface area contributed by atoms with E-state index in [4.69, 9.17) is 5.73 Å². The standard InChI is InChI=1S/C33H35F2N5O6S/c1-19(2)47(44,45)28-12-10-23(39(3)33(42)43)18-26(28)27-8-5-15-40(27)31(41)29(21-6-4-7-24(17-21)46-32(34)35)38-22-9-11-25-20(16-22)13-14-37-30(25)36/h4,6-7,9-14,16-19,27,29,32,38H,5,8,15H2,1-3H3,(H2,36,37)(H,42,43)/t27-,29-/m1/s1. The number of benzene rings is 3. The van der Waals surface area contributed by atoms with Crippen molar-refractivity contribution in [3.8, 4) is 5.75 Å². The third-order valence-electron chi connectivity index (χ3n) is 8.26. The van der Waals surface area contributed by atoms with E-state index in [1.807, 2.05) is 0 Å². The number of carboxylic acid groups (broad SMARTS) is 1. The molecule has 2 amide bonds. The third kappa shape index (κ3) is 6.92. The highest BCUT2D eigenvalue weighted by molar-refractivity contribution is 7.92. The van der Waals surface area contributed by atoms with Crippen molar-refractivity contribution in [1.29, 1.82) is 0 Å². The Labute approximate surface area is 270 Å². The predicted octanol–water partition coefficient (Wildman–Crippen LogP) is 6.23.